The van der Waals surface area contributed by atoms with Gasteiger partial charge in [0.15, 0.2) is 0 Å². The maximum absolute atomic E-state index is 11.8. The van der Waals surface area contributed by atoms with Crippen LogP contribution in [0.2, 0.25) is 0 Å². The van der Waals surface area contributed by atoms with E-state index in [0.717, 1.165) is 5.56 Å². The van der Waals surface area contributed by atoms with Gasteiger partial charge in [-0.15, -0.1) is 0 Å². The topological polar surface area (TPSA) is 63.4 Å². The Morgan fingerprint density at radius 3 is 2.37 bits per heavy atom. The highest BCUT2D eigenvalue weighted by molar-refractivity contribution is 5.97. The second-order valence-corrected chi connectivity index (χ2v) is 5.26. The standard InChI is InChI=1S/C15H20N2O2/c1-11-9-14(18)17(15(19)10-11)8-7-13(16)12-5-3-2-4-6-12/h2-6,11,13H,7-10,16H2,1H3. The predicted octanol–water partition coefficient (Wildman–Crippen LogP) is 1.86. The van der Waals surface area contributed by atoms with Crippen LogP contribution in [0.4, 0.5) is 0 Å². The lowest BCUT2D eigenvalue weighted by Gasteiger charge is -2.29. The van der Waals surface area contributed by atoms with E-state index >= 15 is 0 Å². The predicted molar refractivity (Wildman–Crippen MR) is 73.1 cm³/mol. The third-order valence-corrected chi connectivity index (χ3v) is 3.54. The number of amides is 2. The van der Waals surface area contributed by atoms with Gasteiger partial charge in [-0.3, -0.25) is 14.5 Å². The van der Waals surface area contributed by atoms with Gasteiger partial charge in [0, 0.05) is 25.4 Å². The number of imide groups is 1. The Morgan fingerprint density at radius 1 is 1.21 bits per heavy atom. The first-order valence-corrected chi connectivity index (χ1v) is 6.71. The van der Waals surface area contributed by atoms with Gasteiger partial charge >= 0.3 is 0 Å². The van der Waals surface area contributed by atoms with E-state index in [9.17, 15) is 9.59 Å². The maximum Gasteiger partial charge on any atom is 0.229 e. The van der Waals surface area contributed by atoms with Crippen LogP contribution >= 0.6 is 0 Å². The minimum absolute atomic E-state index is 0.0657. The summed E-state index contributed by atoms with van der Waals surface area (Å²) in [5.41, 5.74) is 7.12. The van der Waals surface area contributed by atoms with Crippen molar-refractivity contribution in [3.63, 3.8) is 0 Å². The molecule has 0 bridgehead atoms. The first-order valence-electron chi connectivity index (χ1n) is 6.71. The lowest BCUT2D eigenvalue weighted by Crippen LogP contribution is -2.43. The van der Waals surface area contributed by atoms with E-state index in [-0.39, 0.29) is 23.8 Å². The van der Waals surface area contributed by atoms with Gasteiger partial charge in [0.25, 0.3) is 0 Å². The number of piperidine rings is 1. The molecule has 1 aliphatic heterocycles. The number of rotatable bonds is 4. The van der Waals surface area contributed by atoms with Crippen LogP contribution in [0.5, 0.6) is 0 Å². The van der Waals surface area contributed by atoms with Gasteiger partial charge in [-0.25, -0.2) is 0 Å². The molecule has 102 valence electrons. The summed E-state index contributed by atoms with van der Waals surface area (Å²) in [5, 5.41) is 0. The first-order chi connectivity index (χ1) is 9.08. The van der Waals surface area contributed by atoms with Gasteiger partial charge in [-0.2, -0.15) is 0 Å². The fraction of sp³-hybridized carbons (Fsp3) is 0.467. The molecule has 1 unspecified atom stereocenters. The number of hydrogen-bond acceptors (Lipinski definition) is 3. The van der Waals surface area contributed by atoms with E-state index in [2.05, 4.69) is 0 Å². The summed E-state index contributed by atoms with van der Waals surface area (Å²) in [7, 11) is 0. The lowest BCUT2D eigenvalue weighted by atomic mass is 9.97. The molecule has 1 heterocycles. The summed E-state index contributed by atoms with van der Waals surface area (Å²) >= 11 is 0. The molecule has 1 fully saturated rings. The third kappa shape index (κ3) is 3.41. The summed E-state index contributed by atoms with van der Waals surface area (Å²) in [6, 6.07) is 9.61. The van der Waals surface area contributed by atoms with E-state index in [1.807, 2.05) is 37.3 Å². The van der Waals surface area contributed by atoms with Gasteiger partial charge in [-0.05, 0) is 17.9 Å². The zero-order valence-electron chi connectivity index (χ0n) is 11.2. The van der Waals surface area contributed by atoms with E-state index < -0.39 is 0 Å². The number of likely N-dealkylation sites (tertiary alicyclic amines) is 1. The Balaban J connectivity index is 1.91. The van der Waals surface area contributed by atoms with Crippen LogP contribution in [-0.2, 0) is 9.59 Å². The zero-order valence-corrected chi connectivity index (χ0v) is 11.2. The first kappa shape index (κ1) is 13.7. The quantitative estimate of drug-likeness (QED) is 0.840. The molecule has 1 aromatic rings. The van der Waals surface area contributed by atoms with E-state index in [0.29, 0.717) is 25.8 Å². The number of benzene rings is 1. The molecule has 2 amide bonds. The van der Waals surface area contributed by atoms with Crippen molar-refractivity contribution in [2.45, 2.75) is 32.2 Å². The average Bonchev–Trinajstić information content (AvgIpc) is 2.38. The molecule has 2 rings (SSSR count). The Labute approximate surface area is 113 Å². The molecule has 0 aliphatic carbocycles. The van der Waals surface area contributed by atoms with Crippen LogP contribution < -0.4 is 5.73 Å². The van der Waals surface area contributed by atoms with Crippen molar-refractivity contribution in [2.24, 2.45) is 11.7 Å². The van der Waals surface area contributed by atoms with Gasteiger partial charge < -0.3 is 5.73 Å². The molecule has 1 aromatic carbocycles. The SMILES string of the molecule is CC1CC(=O)N(CCC(N)c2ccccc2)C(=O)C1. The van der Waals surface area contributed by atoms with E-state index in [4.69, 9.17) is 5.73 Å². The monoisotopic (exact) mass is 260 g/mol. The molecule has 1 atom stereocenters. The largest absolute Gasteiger partial charge is 0.324 e. The molecule has 4 heteroatoms. The van der Waals surface area contributed by atoms with Crippen molar-refractivity contribution in [3.8, 4) is 0 Å². The minimum Gasteiger partial charge on any atom is -0.324 e. The van der Waals surface area contributed by atoms with Gasteiger partial charge in [0.2, 0.25) is 11.8 Å². The summed E-state index contributed by atoms with van der Waals surface area (Å²) in [6.07, 6.45) is 1.54. The molecule has 1 saturated heterocycles. The fourth-order valence-electron chi connectivity index (χ4n) is 2.41. The lowest BCUT2D eigenvalue weighted by molar-refractivity contribution is -0.149. The number of nitrogens with zero attached hydrogens (tertiary/aromatic N) is 1. The van der Waals surface area contributed by atoms with Crippen molar-refractivity contribution < 1.29 is 9.59 Å². The number of carbonyl (C=O) groups excluding carboxylic acids is 2. The Kier molecular flexibility index (Phi) is 4.32. The summed E-state index contributed by atoms with van der Waals surface area (Å²) in [6.45, 7) is 2.35. The molecule has 0 saturated carbocycles. The summed E-state index contributed by atoms with van der Waals surface area (Å²) in [5.74, 6) is 0.0343. The van der Waals surface area contributed by atoms with Crippen molar-refractivity contribution in [1.82, 2.24) is 4.90 Å². The molecule has 0 radical (unpaired) electrons. The van der Waals surface area contributed by atoms with Crippen LogP contribution in [0.15, 0.2) is 30.3 Å². The van der Waals surface area contributed by atoms with Crippen molar-refractivity contribution >= 4 is 11.8 Å². The minimum atomic E-state index is -0.138. The second-order valence-electron chi connectivity index (χ2n) is 5.26. The normalized spacial score (nSPS) is 18.7. The highest BCUT2D eigenvalue weighted by Crippen LogP contribution is 2.21. The van der Waals surface area contributed by atoms with Crippen molar-refractivity contribution in [1.29, 1.82) is 0 Å². The molecule has 4 nitrogen and oxygen atoms in total. The molecule has 0 spiro atoms. The second kappa shape index (κ2) is 5.97. The number of carbonyl (C=O) groups is 2. The molecule has 0 aromatic heterocycles. The van der Waals surface area contributed by atoms with E-state index in [1.54, 1.807) is 0 Å². The third-order valence-electron chi connectivity index (χ3n) is 3.54. The van der Waals surface area contributed by atoms with Crippen LogP contribution in [0.1, 0.15) is 37.8 Å². The smallest absolute Gasteiger partial charge is 0.229 e. The number of nitrogens with two attached hydrogens (primary N) is 1. The van der Waals surface area contributed by atoms with Gasteiger partial charge in [0.1, 0.15) is 0 Å². The van der Waals surface area contributed by atoms with Crippen LogP contribution in [0, 0.1) is 5.92 Å². The fourth-order valence-corrected chi connectivity index (χ4v) is 2.41. The highest BCUT2D eigenvalue weighted by atomic mass is 16.2. The highest BCUT2D eigenvalue weighted by Gasteiger charge is 2.30. The van der Waals surface area contributed by atoms with Gasteiger partial charge in [0.05, 0.1) is 0 Å². The Hall–Kier alpha value is -1.68. The van der Waals surface area contributed by atoms with Crippen molar-refractivity contribution in [2.75, 3.05) is 6.54 Å². The Bertz CT molecular complexity index is 440. The molecule has 19 heavy (non-hydrogen) atoms. The van der Waals surface area contributed by atoms with Crippen LogP contribution in [0.25, 0.3) is 0 Å². The molecule has 1 aliphatic rings. The summed E-state index contributed by atoms with van der Waals surface area (Å²) < 4.78 is 0. The Morgan fingerprint density at radius 2 is 1.79 bits per heavy atom. The number of hydrogen-bond donors (Lipinski definition) is 1. The van der Waals surface area contributed by atoms with E-state index in [1.165, 1.54) is 4.90 Å². The van der Waals surface area contributed by atoms with Crippen LogP contribution in [-0.4, -0.2) is 23.3 Å². The molecular formula is C15H20N2O2. The molecule has 2 N–H and O–H groups in total. The zero-order chi connectivity index (χ0) is 13.8. The van der Waals surface area contributed by atoms with Crippen LogP contribution in [0.3, 0.4) is 0 Å². The van der Waals surface area contributed by atoms with Gasteiger partial charge in [-0.1, -0.05) is 37.3 Å². The van der Waals surface area contributed by atoms with Crippen molar-refractivity contribution in [3.05, 3.63) is 35.9 Å². The molecular weight excluding hydrogens is 240 g/mol. The summed E-state index contributed by atoms with van der Waals surface area (Å²) in [4.78, 5) is 25.0. The average molecular weight is 260 g/mol. The maximum atomic E-state index is 11.8.